The van der Waals surface area contributed by atoms with Crippen LogP contribution in [0, 0.1) is 0 Å². The maximum atomic E-state index is 13.0. The predicted octanol–water partition coefficient (Wildman–Crippen LogP) is 5.19. The van der Waals surface area contributed by atoms with Gasteiger partial charge in [0.05, 0.1) is 19.8 Å². The van der Waals surface area contributed by atoms with Crippen molar-refractivity contribution in [3.8, 4) is 5.75 Å². The van der Waals surface area contributed by atoms with Crippen LogP contribution in [0.5, 0.6) is 5.75 Å². The van der Waals surface area contributed by atoms with Gasteiger partial charge in [-0.3, -0.25) is 4.79 Å². The summed E-state index contributed by atoms with van der Waals surface area (Å²) < 4.78 is 10.9. The van der Waals surface area contributed by atoms with Crippen LogP contribution in [0.3, 0.4) is 0 Å². The molecule has 4 aromatic rings. The second-order valence-corrected chi connectivity index (χ2v) is 6.85. The molecule has 0 spiro atoms. The average molecular weight is 373 g/mol. The first-order valence-electron chi connectivity index (χ1n) is 9.48. The summed E-state index contributed by atoms with van der Waals surface area (Å²) in [6, 6.07) is 20.0. The van der Waals surface area contributed by atoms with Crippen LogP contribution in [0.1, 0.15) is 18.1 Å². The van der Waals surface area contributed by atoms with Gasteiger partial charge in [-0.05, 0) is 41.5 Å². The molecule has 0 saturated heterocycles. The molecule has 0 fully saturated rings. The van der Waals surface area contributed by atoms with Gasteiger partial charge in [0.2, 0.25) is 5.91 Å². The van der Waals surface area contributed by atoms with Crippen molar-refractivity contribution in [2.45, 2.75) is 19.9 Å². The summed E-state index contributed by atoms with van der Waals surface area (Å²) >= 11 is 0. The van der Waals surface area contributed by atoms with Crippen LogP contribution in [0.15, 0.2) is 71.3 Å². The molecule has 4 rings (SSSR count). The minimum absolute atomic E-state index is 0.0916. The summed E-state index contributed by atoms with van der Waals surface area (Å²) in [6.45, 7) is 3.24. The van der Waals surface area contributed by atoms with E-state index in [2.05, 4.69) is 18.2 Å². The number of likely N-dealkylation sites (N-methyl/N-ethyl adjacent to an activating group) is 1. The third kappa shape index (κ3) is 3.46. The van der Waals surface area contributed by atoms with E-state index in [4.69, 9.17) is 9.15 Å². The van der Waals surface area contributed by atoms with Crippen molar-refractivity contribution in [2.24, 2.45) is 0 Å². The van der Waals surface area contributed by atoms with Crippen LogP contribution in [-0.4, -0.2) is 24.5 Å². The Hall–Kier alpha value is -3.27. The van der Waals surface area contributed by atoms with Crippen molar-refractivity contribution in [3.63, 3.8) is 0 Å². The molecule has 0 unspecified atom stereocenters. The second-order valence-electron chi connectivity index (χ2n) is 6.85. The molecule has 1 heterocycles. The smallest absolute Gasteiger partial charge is 0.227 e. The molecule has 142 valence electrons. The summed E-state index contributed by atoms with van der Waals surface area (Å²) in [7, 11) is 1.65. The quantitative estimate of drug-likeness (QED) is 0.467. The van der Waals surface area contributed by atoms with E-state index < -0.39 is 0 Å². The zero-order valence-electron chi connectivity index (χ0n) is 16.1. The van der Waals surface area contributed by atoms with Gasteiger partial charge in [0.15, 0.2) is 0 Å². The number of fused-ring (bicyclic) bond motifs is 3. The van der Waals surface area contributed by atoms with Gasteiger partial charge in [0.1, 0.15) is 11.3 Å². The van der Waals surface area contributed by atoms with Crippen LogP contribution in [0.2, 0.25) is 0 Å². The van der Waals surface area contributed by atoms with E-state index in [9.17, 15) is 4.79 Å². The van der Waals surface area contributed by atoms with Gasteiger partial charge in [0.25, 0.3) is 0 Å². The standard InChI is InChI=1S/C24H23NO3/c1-3-25(15-17-8-11-20(27-2)12-9-17)23(26)14-19-16-28-22-13-10-18-6-4-5-7-21(18)24(19)22/h4-13,16H,3,14-15H2,1-2H3. The van der Waals surface area contributed by atoms with Crippen LogP contribution < -0.4 is 4.74 Å². The highest BCUT2D eigenvalue weighted by Crippen LogP contribution is 2.30. The van der Waals surface area contributed by atoms with Gasteiger partial charge < -0.3 is 14.1 Å². The highest BCUT2D eigenvalue weighted by atomic mass is 16.5. The Kier molecular flexibility index (Phi) is 5.02. The Morgan fingerprint density at radius 3 is 2.57 bits per heavy atom. The number of carbonyl (C=O) groups is 1. The van der Waals surface area contributed by atoms with E-state index >= 15 is 0 Å². The molecule has 0 aliphatic rings. The molecule has 0 aliphatic heterocycles. The lowest BCUT2D eigenvalue weighted by Gasteiger charge is -2.21. The number of amides is 1. The van der Waals surface area contributed by atoms with E-state index in [1.54, 1.807) is 13.4 Å². The lowest BCUT2D eigenvalue weighted by atomic mass is 10.0. The number of ether oxygens (including phenoxy) is 1. The first-order valence-corrected chi connectivity index (χ1v) is 9.48. The fraction of sp³-hybridized carbons (Fsp3) is 0.208. The number of furan rings is 1. The number of carbonyl (C=O) groups excluding carboxylic acids is 1. The van der Waals surface area contributed by atoms with Gasteiger partial charge >= 0.3 is 0 Å². The van der Waals surface area contributed by atoms with Gasteiger partial charge in [-0.15, -0.1) is 0 Å². The maximum Gasteiger partial charge on any atom is 0.227 e. The number of hydrogen-bond acceptors (Lipinski definition) is 3. The summed E-state index contributed by atoms with van der Waals surface area (Å²) in [5.41, 5.74) is 2.84. The fourth-order valence-corrected chi connectivity index (χ4v) is 3.61. The Balaban J connectivity index is 1.58. The van der Waals surface area contributed by atoms with E-state index in [0.29, 0.717) is 19.5 Å². The highest BCUT2D eigenvalue weighted by Gasteiger charge is 2.17. The molecule has 0 radical (unpaired) electrons. The molecule has 0 bridgehead atoms. The topological polar surface area (TPSA) is 42.7 Å². The van der Waals surface area contributed by atoms with Crippen molar-refractivity contribution in [1.82, 2.24) is 4.90 Å². The molecule has 0 atom stereocenters. The number of benzene rings is 3. The first-order chi connectivity index (χ1) is 13.7. The number of rotatable bonds is 6. The third-order valence-electron chi connectivity index (χ3n) is 5.15. The number of methoxy groups -OCH3 is 1. The molecular formula is C24H23NO3. The molecule has 0 saturated carbocycles. The molecule has 1 aromatic heterocycles. The van der Waals surface area contributed by atoms with E-state index in [-0.39, 0.29) is 5.91 Å². The van der Waals surface area contributed by atoms with E-state index in [1.165, 1.54) is 0 Å². The number of nitrogens with zero attached hydrogens (tertiary/aromatic N) is 1. The maximum absolute atomic E-state index is 13.0. The highest BCUT2D eigenvalue weighted by molar-refractivity contribution is 6.08. The molecule has 4 heteroatoms. The van der Waals surface area contributed by atoms with E-state index in [1.807, 2.05) is 54.3 Å². The molecule has 4 nitrogen and oxygen atoms in total. The minimum Gasteiger partial charge on any atom is -0.497 e. The number of hydrogen-bond donors (Lipinski definition) is 0. The minimum atomic E-state index is 0.0916. The Morgan fingerprint density at radius 1 is 1.04 bits per heavy atom. The van der Waals surface area contributed by atoms with Crippen molar-refractivity contribution >= 4 is 27.6 Å². The monoisotopic (exact) mass is 373 g/mol. The van der Waals surface area contributed by atoms with E-state index in [0.717, 1.165) is 38.6 Å². The average Bonchev–Trinajstić information content (AvgIpc) is 3.15. The lowest BCUT2D eigenvalue weighted by molar-refractivity contribution is -0.130. The fourth-order valence-electron chi connectivity index (χ4n) is 3.61. The summed E-state index contributed by atoms with van der Waals surface area (Å²) in [5, 5.41) is 3.30. The van der Waals surface area contributed by atoms with Crippen LogP contribution in [-0.2, 0) is 17.8 Å². The van der Waals surface area contributed by atoms with Gasteiger partial charge in [0, 0.05) is 24.0 Å². The van der Waals surface area contributed by atoms with Crippen molar-refractivity contribution in [2.75, 3.05) is 13.7 Å². The second kappa shape index (κ2) is 7.77. The first kappa shape index (κ1) is 18.1. The lowest BCUT2D eigenvalue weighted by Crippen LogP contribution is -2.31. The largest absolute Gasteiger partial charge is 0.497 e. The summed E-state index contributed by atoms with van der Waals surface area (Å²) in [4.78, 5) is 14.9. The van der Waals surface area contributed by atoms with Crippen LogP contribution >= 0.6 is 0 Å². The van der Waals surface area contributed by atoms with Crippen LogP contribution in [0.25, 0.3) is 21.7 Å². The predicted molar refractivity (Wildman–Crippen MR) is 112 cm³/mol. The Morgan fingerprint density at radius 2 is 1.82 bits per heavy atom. The molecule has 28 heavy (non-hydrogen) atoms. The zero-order chi connectivity index (χ0) is 19.5. The Labute approximate surface area is 164 Å². The van der Waals surface area contributed by atoms with Gasteiger partial charge in [-0.1, -0.05) is 42.5 Å². The van der Waals surface area contributed by atoms with Gasteiger partial charge in [-0.25, -0.2) is 0 Å². The zero-order valence-corrected chi connectivity index (χ0v) is 16.1. The molecule has 0 N–H and O–H groups in total. The van der Waals surface area contributed by atoms with Crippen molar-refractivity contribution in [3.05, 3.63) is 78.1 Å². The SMILES string of the molecule is CCN(Cc1ccc(OC)cc1)C(=O)Cc1coc2ccc3ccccc3c12. The normalized spacial score (nSPS) is 11.1. The Bertz CT molecular complexity index is 1110. The molecular weight excluding hydrogens is 350 g/mol. The molecule has 0 aliphatic carbocycles. The van der Waals surface area contributed by atoms with Gasteiger partial charge in [-0.2, -0.15) is 0 Å². The summed E-state index contributed by atoms with van der Waals surface area (Å²) in [5.74, 6) is 0.906. The molecule has 3 aromatic carbocycles. The van der Waals surface area contributed by atoms with Crippen LogP contribution in [0.4, 0.5) is 0 Å². The van der Waals surface area contributed by atoms with Crippen molar-refractivity contribution in [1.29, 1.82) is 0 Å². The van der Waals surface area contributed by atoms with Crippen molar-refractivity contribution < 1.29 is 13.9 Å². The molecule has 1 amide bonds. The third-order valence-corrected chi connectivity index (χ3v) is 5.15. The summed E-state index contributed by atoms with van der Waals surface area (Å²) in [6.07, 6.45) is 2.04.